The van der Waals surface area contributed by atoms with Crippen LogP contribution in [0.4, 0.5) is 5.69 Å². The third kappa shape index (κ3) is 5.45. The van der Waals surface area contributed by atoms with Gasteiger partial charge in [-0.2, -0.15) is 0 Å². The van der Waals surface area contributed by atoms with Gasteiger partial charge in [0.2, 0.25) is 11.8 Å². The lowest BCUT2D eigenvalue weighted by Gasteiger charge is -2.14. The number of sulfonamides is 1. The minimum atomic E-state index is -4.15. The number of amides is 1. The summed E-state index contributed by atoms with van der Waals surface area (Å²) in [5.74, 6) is -0.595. The highest BCUT2D eigenvalue weighted by molar-refractivity contribution is 7.92. The van der Waals surface area contributed by atoms with E-state index in [0.717, 1.165) is 0 Å². The van der Waals surface area contributed by atoms with Gasteiger partial charge in [0.1, 0.15) is 10.6 Å². The zero-order chi connectivity index (χ0) is 27.6. The molecule has 0 radical (unpaired) electrons. The van der Waals surface area contributed by atoms with Crippen LogP contribution in [0.1, 0.15) is 6.92 Å². The third-order valence-corrected chi connectivity index (χ3v) is 8.16. The number of carbonyl (C=O) groups excluding carboxylic acids is 1. The van der Waals surface area contributed by atoms with Crippen molar-refractivity contribution in [2.24, 2.45) is 5.92 Å². The minimum absolute atomic E-state index is 0.0310. The number of aromatic nitrogens is 3. The molecule has 10 nitrogen and oxygen atoms in total. The van der Waals surface area contributed by atoms with Crippen molar-refractivity contribution >= 4 is 55.7 Å². The molecule has 2 N–H and O–H groups in total. The van der Waals surface area contributed by atoms with Crippen molar-refractivity contribution < 1.29 is 17.9 Å². The molecule has 4 aromatic rings. The van der Waals surface area contributed by atoms with Gasteiger partial charge >= 0.3 is 0 Å². The van der Waals surface area contributed by atoms with Crippen LogP contribution in [0.25, 0.3) is 22.0 Å². The predicted octanol–water partition coefficient (Wildman–Crippen LogP) is 3.96. The molecule has 38 heavy (non-hydrogen) atoms. The van der Waals surface area contributed by atoms with Crippen LogP contribution in [0.3, 0.4) is 0 Å². The Hall–Kier alpha value is -3.67. The maximum Gasteiger partial charge on any atom is 0.263 e. The van der Waals surface area contributed by atoms with E-state index in [-0.39, 0.29) is 44.5 Å². The number of hydrogen-bond donors (Lipinski definition) is 2. The van der Waals surface area contributed by atoms with E-state index in [1.165, 1.54) is 55.5 Å². The van der Waals surface area contributed by atoms with Crippen LogP contribution in [0.5, 0.6) is 5.88 Å². The van der Waals surface area contributed by atoms with Gasteiger partial charge in [-0.25, -0.2) is 18.4 Å². The van der Waals surface area contributed by atoms with E-state index >= 15 is 0 Å². The average molecular weight is 576 g/mol. The van der Waals surface area contributed by atoms with E-state index in [4.69, 9.17) is 27.9 Å². The van der Waals surface area contributed by atoms with Gasteiger partial charge in [-0.1, -0.05) is 42.3 Å². The molecule has 2 heterocycles. The average Bonchev–Trinajstić information content (AvgIpc) is 2.90. The lowest BCUT2D eigenvalue weighted by atomic mass is 10.0. The van der Waals surface area contributed by atoms with Crippen LogP contribution in [0.15, 0.2) is 64.7 Å². The maximum absolute atomic E-state index is 13.2. The highest BCUT2D eigenvalue weighted by Crippen LogP contribution is 2.34. The molecule has 0 aliphatic carbocycles. The number of hydrogen-bond acceptors (Lipinski definition) is 7. The number of nitrogens with zero attached hydrogens (tertiary/aromatic N) is 3. The molecular formula is C25H23Cl2N5O5S. The summed E-state index contributed by atoms with van der Waals surface area (Å²) in [6, 6.07) is 10.9. The lowest BCUT2D eigenvalue weighted by molar-refractivity contribution is -0.124. The van der Waals surface area contributed by atoms with Crippen LogP contribution in [0, 0.1) is 5.92 Å². The van der Waals surface area contributed by atoms with Crippen molar-refractivity contribution in [3.05, 3.63) is 75.4 Å². The van der Waals surface area contributed by atoms with E-state index in [1.54, 1.807) is 25.1 Å². The van der Waals surface area contributed by atoms with E-state index in [0.29, 0.717) is 22.0 Å². The van der Waals surface area contributed by atoms with E-state index < -0.39 is 15.9 Å². The number of ether oxygens (including phenoxy) is 1. The van der Waals surface area contributed by atoms with Crippen molar-refractivity contribution in [1.82, 2.24) is 19.9 Å². The molecule has 0 aliphatic heterocycles. The summed E-state index contributed by atoms with van der Waals surface area (Å²) in [6.45, 7) is 1.88. The fourth-order valence-corrected chi connectivity index (χ4v) is 5.64. The van der Waals surface area contributed by atoms with Crippen molar-refractivity contribution in [2.75, 3.05) is 18.9 Å². The summed E-state index contributed by atoms with van der Waals surface area (Å²) < 4.78 is 35.3. The van der Waals surface area contributed by atoms with Crippen molar-refractivity contribution in [3.63, 3.8) is 0 Å². The topological polar surface area (TPSA) is 132 Å². The summed E-state index contributed by atoms with van der Waals surface area (Å²) in [6.07, 6.45) is 2.90. The van der Waals surface area contributed by atoms with Crippen LogP contribution < -0.4 is 20.3 Å². The van der Waals surface area contributed by atoms with Gasteiger partial charge in [-0.15, -0.1) is 0 Å². The van der Waals surface area contributed by atoms with Gasteiger partial charge in [-0.3, -0.25) is 18.9 Å². The van der Waals surface area contributed by atoms with Crippen LogP contribution >= 0.6 is 23.2 Å². The predicted molar refractivity (Wildman–Crippen MR) is 146 cm³/mol. The van der Waals surface area contributed by atoms with Crippen molar-refractivity contribution in [1.29, 1.82) is 0 Å². The Morgan fingerprint density at radius 3 is 2.61 bits per heavy atom. The van der Waals surface area contributed by atoms with Gasteiger partial charge in [0, 0.05) is 25.4 Å². The molecule has 0 aliphatic rings. The second kappa shape index (κ2) is 11.0. The number of pyridine rings is 1. The molecule has 0 fully saturated rings. The van der Waals surface area contributed by atoms with Crippen LogP contribution in [-0.2, 0) is 21.4 Å². The number of carbonyl (C=O) groups is 1. The fraction of sp³-hybridized carbons (Fsp3) is 0.200. The Morgan fingerprint density at radius 1 is 1.13 bits per heavy atom. The first-order valence-electron chi connectivity index (χ1n) is 11.3. The monoisotopic (exact) mass is 575 g/mol. The zero-order valence-electron chi connectivity index (χ0n) is 20.5. The maximum atomic E-state index is 13.2. The van der Waals surface area contributed by atoms with Gasteiger partial charge < -0.3 is 10.1 Å². The van der Waals surface area contributed by atoms with Crippen molar-refractivity contribution in [3.8, 4) is 17.0 Å². The second-order valence-corrected chi connectivity index (χ2v) is 10.8. The summed E-state index contributed by atoms with van der Waals surface area (Å²) in [7, 11) is -1.26. The largest absolute Gasteiger partial charge is 0.480 e. The molecule has 2 aromatic carbocycles. The molecular weight excluding hydrogens is 553 g/mol. The first-order chi connectivity index (χ1) is 18.1. The fourth-order valence-electron chi connectivity index (χ4n) is 3.83. The summed E-state index contributed by atoms with van der Waals surface area (Å²) >= 11 is 12.1. The van der Waals surface area contributed by atoms with E-state index in [1.807, 2.05) is 0 Å². The molecule has 198 valence electrons. The molecule has 0 saturated carbocycles. The number of rotatable bonds is 8. The molecule has 1 amide bonds. The van der Waals surface area contributed by atoms with Gasteiger partial charge in [0.25, 0.3) is 15.6 Å². The Labute approximate surface area is 228 Å². The molecule has 1 atom stereocenters. The smallest absolute Gasteiger partial charge is 0.263 e. The minimum Gasteiger partial charge on any atom is -0.480 e. The Morgan fingerprint density at radius 2 is 1.89 bits per heavy atom. The number of nitrogens with one attached hydrogen (secondary N) is 2. The van der Waals surface area contributed by atoms with Crippen LogP contribution in [-0.4, -0.2) is 43.0 Å². The highest BCUT2D eigenvalue weighted by Gasteiger charge is 2.22. The number of fused-ring (bicyclic) bond motifs is 1. The number of benzene rings is 2. The first kappa shape index (κ1) is 27.4. The zero-order valence-corrected chi connectivity index (χ0v) is 22.9. The Kier molecular flexibility index (Phi) is 7.91. The quantitative estimate of drug-likeness (QED) is 0.325. The van der Waals surface area contributed by atoms with Gasteiger partial charge in [0.05, 0.1) is 40.3 Å². The lowest BCUT2D eigenvalue weighted by Crippen LogP contribution is -2.32. The molecule has 2 aromatic heterocycles. The van der Waals surface area contributed by atoms with Crippen molar-refractivity contribution in [2.45, 2.75) is 18.4 Å². The van der Waals surface area contributed by atoms with E-state index in [9.17, 15) is 18.0 Å². The SMILES string of the molecule is CNC(=O)[C@H](C)Cn1cnc2ccc(-c3cnc(OC)c(NS(=O)(=O)c4cccc(Cl)c4Cl)c3)cc2c1=O. The molecule has 0 bridgehead atoms. The number of anilines is 1. The Bertz CT molecular complexity index is 1710. The molecule has 13 heteroatoms. The van der Waals surface area contributed by atoms with Crippen LogP contribution in [0.2, 0.25) is 10.0 Å². The van der Waals surface area contributed by atoms with E-state index in [2.05, 4.69) is 20.0 Å². The Balaban J connectivity index is 1.74. The molecule has 0 unspecified atom stereocenters. The summed E-state index contributed by atoms with van der Waals surface area (Å²) in [5, 5.41) is 2.87. The van der Waals surface area contributed by atoms with Gasteiger partial charge in [0.15, 0.2) is 0 Å². The summed E-state index contributed by atoms with van der Waals surface area (Å²) in [4.78, 5) is 33.4. The standard InChI is InChI=1S/C25H23Cl2N5O5S/c1-14(23(33)28-2)12-32-13-30-19-8-7-15(9-17(19)25(32)34)16-10-20(24(37-3)29-11-16)31-38(35,36)21-6-4-5-18(26)22(21)27/h4-11,13-14,31H,12H2,1-3H3,(H,28,33)/t14-/m1/s1. The molecule has 0 saturated heterocycles. The normalized spacial score (nSPS) is 12.2. The molecule has 4 rings (SSSR count). The number of methoxy groups -OCH3 is 1. The third-order valence-electron chi connectivity index (χ3n) is 5.82. The first-order valence-corrected chi connectivity index (χ1v) is 13.5. The summed E-state index contributed by atoms with van der Waals surface area (Å²) in [5.41, 5.74) is 1.32. The number of halogens is 2. The highest BCUT2D eigenvalue weighted by atomic mass is 35.5. The van der Waals surface area contributed by atoms with Gasteiger partial charge in [-0.05, 0) is 35.9 Å². The second-order valence-electron chi connectivity index (χ2n) is 8.39. The molecule has 0 spiro atoms.